The maximum absolute atomic E-state index is 13.2. The van der Waals surface area contributed by atoms with E-state index in [0.717, 1.165) is 24.3 Å². The van der Waals surface area contributed by atoms with E-state index in [-0.39, 0.29) is 18.5 Å². The normalized spacial score (nSPS) is 13.3. The van der Waals surface area contributed by atoms with Crippen molar-refractivity contribution in [2.24, 2.45) is 0 Å². The van der Waals surface area contributed by atoms with Crippen LogP contribution >= 0.6 is 0 Å². The zero-order valence-electron chi connectivity index (χ0n) is 11.4. The molecule has 2 N–H and O–H groups in total. The van der Waals surface area contributed by atoms with Gasteiger partial charge >= 0.3 is 0 Å². The number of hydrogen-bond acceptors (Lipinski definition) is 3. The summed E-state index contributed by atoms with van der Waals surface area (Å²) in [7, 11) is 0. The third kappa shape index (κ3) is 2.93. The third-order valence-corrected chi connectivity index (χ3v) is 3.40. The van der Waals surface area contributed by atoms with Crippen molar-refractivity contribution in [2.75, 3.05) is 19.7 Å². The Hall–Kier alpha value is -1.46. The van der Waals surface area contributed by atoms with Crippen molar-refractivity contribution >= 4 is 11.0 Å². The van der Waals surface area contributed by atoms with Crippen LogP contribution in [0.4, 0.5) is 4.39 Å². The van der Waals surface area contributed by atoms with Crippen LogP contribution in [0.1, 0.15) is 32.1 Å². The molecule has 5 heteroatoms. The molecule has 0 aliphatic rings. The summed E-state index contributed by atoms with van der Waals surface area (Å²) >= 11 is 0. The number of halogens is 1. The summed E-state index contributed by atoms with van der Waals surface area (Å²) in [4.78, 5) is 9.88. The molecule has 1 atom stereocenters. The lowest BCUT2D eigenvalue weighted by atomic mass is 10.2. The van der Waals surface area contributed by atoms with Gasteiger partial charge in [0.2, 0.25) is 0 Å². The van der Waals surface area contributed by atoms with Gasteiger partial charge in [0.15, 0.2) is 0 Å². The van der Waals surface area contributed by atoms with Gasteiger partial charge in [0, 0.05) is 6.54 Å². The van der Waals surface area contributed by atoms with Gasteiger partial charge in [-0.3, -0.25) is 4.90 Å². The lowest BCUT2D eigenvalue weighted by Crippen LogP contribution is -2.31. The topological polar surface area (TPSA) is 52.2 Å². The van der Waals surface area contributed by atoms with Gasteiger partial charge in [0.1, 0.15) is 11.6 Å². The van der Waals surface area contributed by atoms with Crippen molar-refractivity contribution in [1.82, 2.24) is 14.9 Å². The summed E-state index contributed by atoms with van der Waals surface area (Å²) in [6, 6.07) is 4.67. The first-order valence-corrected chi connectivity index (χ1v) is 6.69. The Bertz CT molecular complexity index is 540. The molecule has 1 heterocycles. The number of aromatic amines is 1. The number of H-pyrrole nitrogens is 1. The number of hydrogen-bond donors (Lipinski definition) is 2. The smallest absolute Gasteiger partial charge is 0.125 e. The number of nitrogens with zero attached hydrogens (tertiary/aromatic N) is 2. The highest BCUT2D eigenvalue weighted by Gasteiger charge is 2.20. The number of nitrogens with one attached hydrogen (secondary N) is 1. The van der Waals surface area contributed by atoms with E-state index in [9.17, 15) is 4.39 Å². The Morgan fingerprint density at radius 2 is 2.21 bits per heavy atom. The summed E-state index contributed by atoms with van der Waals surface area (Å²) in [6.45, 7) is 5.71. The van der Waals surface area contributed by atoms with E-state index < -0.39 is 0 Å². The van der Waals surface area contributed by atoms with Gasteiger partial charge in [-0.25, -0.2) is 9.37 Å². The largest absolute Gasteiger partial charge is 0.395 e. The lowest BCUT2D eigenvalue weighted by molar-refractivity contribution is 0.149. The van der Waals surface area contributed by atoms with E-state index in [2.05, 4.69) is 28.7 Å². The van der Waals surface area contributed by atoms with Crippen LogP contribution in [0.5, 0.6) is 0 Å². The van der Waals surface area contributed by atoms with Gasteiger partial charge in [-0.2, -0.15) is 0 Å². The summed E-state index contributed by atoms with van der Waals surface area (Å²) < 4.78 is 13.2. The fourth-order valence-corrected chi connectivity index (χ4v) is 2.45. The van der Waals surface area contributed by atoms with Crippen LogP contribution in [0.15, 0.2) is 18.2 Å². The molecule has 104 valence electrons. The van der Waals surface area contributed by atoms with Gasteiger partial charge in [-0.15, -0.1) is 0 Å². The summed E-state index contributed by atoms with van der Waals surface area (Å²) in [6.07, 6.45) is 0.885. The minimum atomic E-state index is -0.265. The number of fused-ring (bicyclic) bond motifs is 1. The van der Waals surface area contributed by atoms with E-state index in [1.54, 1.807) is 6.07 Å². The average Bonchev–Trinajstić information content (AvgIpc) is 2.81. The molecule has 1 aromatic carbocycles. The van der Waals surface area contributed by atoms with E-state index >= 15 is 0 Å². The predicted molar refractivity (Wildman–Crippen MR) is 73.4 cm³/mol. The Balaban J connectivity index is 2.34. The quantitative estimate of drug-likeness (QED) is 0.843. The first-order valence-electron chi connectivity index (χ1n) is 6.69. The van der Waals surface area contributed by atoms with Gasteiger partial charge < -0.3 is 10.1 Å². The monoisotopic (exact) mass is 265 g/mol. The number of benzene rings is 1. The van der Waals surface area contributed by atoms with Crippen LogP contribution in [0, 0.1) is 5.82 Å². The highest BCUT2D eigenvalue weighted by atomic mass is 19.1. The molecule has 19 heavy (non-hydrogen) atoms. The van der Waals surface area contributed by atoms with Crippen molar-refractivity contribution < 1.29 is 9.50 Å². The summed E-state index contributed by atoms with van der Waals surface area (Å²) in [5.74, 6) is 0.567. The number of aliphatic hydroxyl groups is 1. The molecule has 4 nitrogen and oxygen atoms in total. The molecule has 0 saturated carbocycles. The van der Waals surface area contributed by atoms with E-state index in [1.807, 2.05) is 0 Å². The molecule has 0 spiro atoms. The second-order valence-electron chi connectivity index (χ2n) is 4.56. The zero-order chi connectivity index (χ0) is 13.8. The summed E-state index contributed by atoms with van der Waals surface area (Å²) in [5.41, 5.74) is 1.49. The predicted octanol–water partition coefficient (Wildman–Crippen LogP) is 2.47. The molecule has 0 amide bonds. The molecule has 0 aliphatic carbocycles. The molecular weight excluding hydrogens is 245 g/mol. The van der Waals surface area contributed by atoms with E-state index in [4.69, 9.17) is 5.11 Å². The zero-order valence-corrected chi connectivity index (χ0v) is 11.4. The fraction of sp³-hybridized carbons (Fsp3) is 0.500. The molecule has 2 aromatic rings. The minimum absolute atomic E-state index is 0.118. The Morgan fingerprint density at radius 3 is 2.84 bits per heavy atom. The van der Waals surface area contributed by atoms with Crippen LogP contribution in [-0.4, -0.2) is 39.7 Å². The number of likely N-dealkylation sites (N-methyl/N-ethyl adjacent to an activating group) is 1. The van der Waals surface area contributed by atoms with Gasteiger partial charge in [0.05, 0.1) is 23.7 Å². The van der Waals surface area contributed by atoms with Crippen LogP contribution in [0.3, 0.4) is 0 Å². The van der Waals surface area contributed by atoms with Crippen molar-refractivity contribution in [3.05, 3.63) is 29.8 Å². The van der Waals surface area contributed by atoms with Gasteiger partial charge in [-0.05, 0) is 31.2 Å². The average molecular weight is 265 g/mol. The minimum Gasteiger partial charge on any atom is -0.395 e. The highest BCUT2D eigenvalue weighted by molar-refractivity contribution is 5.75. The number of rotatable bonds is 6. The molecule has 0 saturated heterocycles. The van der Waals surface area contributed by atoms with Crippen molar-refractivity contribution in [1.29, 1.82) is 0 Å². The van der Waals surface area contributed by atoms with Crippen molar-refractivity contribution in [3.63, 3.8) is 0 Å². The molecular formula is C14H20FN3O. The van der Waals surface area contributed by atoms with Crippen molar-refractivity contribution in [3.8, 4) is 0 Å². The lowest BCUT2D eigenvalue weighted by Gasteiger charge is -2.27. The van der Waals surface area contributed by atoms with Gasteiger partial charge in [-0.1, -0.05) is 13.8 Å². The van der Waals surface area contributed by atoms with Crippen LogP contribution in [0.2, 0.25) is 0 Å². The first-order chi connectivity index (χ1) is 9.19. The number of imidazole rings is 1. The molecule has 0 bridgehead atoms. The highest BCUT2D eigenvalue weighted by Crippen LogP contribution is 2.24. The molecule has 2 rings (SSSR count). The fourth-order valence-electron chi connectivity index (χ4n) is 2.45. The van der Waals surface area contributed by atoms with Gasteiger partial charge in [0.25, 0.3) is 0 Å². The SMILES string of the molecule is CCC(c1nc2ccc(F)cc2[nH]1)N(CC)CCO. The van der Waals surface area contributed by atoms with E-state index in [1.165, 1.54) is 12.1 Å². The Kier molecular flexibility index (Phi) is 4.50. The maximum atomic E-state index is 13.2. The van der Waals surface area contributed by atoms with Crippen molar-refractivity contribution in [2.45, 2.75) is 26.3 Å². The number of aliphatic hydroxyl groups excluding tert-OH is 1. The van der Waals surface area contributed by atoms with Crippen LogP contribution < -0.4 is 0 Å². The maximum Gasteiger partial charge on any atom is 0.125 e. The number of aromatic nitrogens is 2. The van der Waals surface area contributed by atoms with Crippen LogP contribution in [-0.2, 0) is 0 Å². The second kappa shape index (κ2) is 6.12. The third-order valence-electron chi connectivity index (χ3n) is 3.40. The molecule has 1 unspecified atom stereocenters. The van der Waals surface area contributed by atoms with Crippen LogP contribution in [0.25, 0.3) is 11.0 Å². The first kappa shape index (κ1) is 14.0. The standard InChI is InChI=1S/C14H20FN3O/c1-3-13(18(4-2)7-8-19)14-16-11-6-5-10(15)9-12(11)17-14/h5-6,9,13,19H,3-4,7-8H2,1-2H3,(H,16,17). The molecule has 0 aliphatic heterocycles. The second-order valence-corrected chi connectivity index (χ2v) is 4.56. The summed E-state index contributed by atoms with van der Waals surface area (Å²) in [5, 5.41) is 9.11. The molecule has 0 fully saturated rings. The van der Waals surface area contributed by atoms with E-state index in [0.29, 0.717) is 12.1 Å². The Morgan fingerprint density at radius 1 is 1.42 bits per heavy atom. The Labute approximate surface area is 112 Å². The molecule has 0 radical (unpaired) electrons. The molecule has 1 aromatic heterocycles.